The monoisotopic (exact) mass is 297 g/mol. The molecule has 1 aliphatic heterocycles. The molecule has 0 aliphatic carbocycles. The number of benzene rings is 1. The highest BCUT2D eigenvalue weighted by atomic mass is 32.2. The van der Waals surface area contributed by atoms with E-state index in [1.807, 2.05) is 12.1 Å². The van der Waals surface area contributed by atoms with Crippen LogP contribution in [-0.4, -0.2) is 58.3 Å². The van der Waals surface area contributed by atoms with Crippen molar-refractivity contribution >= 4 is 15.5 Å². The van der Waals surface area contributed by atoms with E-state index < -0.39 is 9.84 Å². The normalized spacial score (nSPS) is 21.1. The van der Waals surface area contributed by atoms with Crippen molar-refractivity contribution in [1.29, 1.82) is 0 Å². The smallest absolute Gasteiger partial charge is 0.178 e. The molecule has 1 atom stereocenters. The molecule has 2 rings (SSSR count). The van der Waals surface area contributed by atoms with Crippen molar-refractivity contribution in [3.63, 3.8) is 0 Å². The summed E-state index contributed by atoms with van der Waals surface area (Å²) in [4.78, 5) is 4.92. The van der Waals surface area contributed by atoms with E-state index >= 15 is 0 Å². The van der Waals surface area contributed by atoms with Crippen LogP contribution in [0.1, 0.15) is 6.92 Å². The van der Waals surface area contributed by atoms with E-state index in [1.165, 1.54) is 0 Å². The molecule has 5 nitrogen and oxygen atoms in total. The quantitative estimate of drug-likeness (QED) is 0.879. The molecular weight excluding hydrogens is 274 g/mol. The van der Waals surface area contributed by atoms with Crippen LogP contribution in [0, 0.1) is 0 Å². The molecule has 1 heterocycles. The average Bonchev–Trinajstić information content (AvgIpc) is 2.47. The van der Waals surface area contributed by atoms with Crippen LogP contribution < -0.4 is 10.6 Å². The van der Waals surface area contributed by atoms with Crippen LogP contribution in [0.5, 0.6) is 0 Å². The van der Waals surface area contributed by atoms with Crippen molar-refractivity contribution in [2.24, 2.45) is 5.73 Å². The fourth-order valence-corrected chi connectivity index (χ4v) is 3.45. The molecule has 0 amide bonds. The molecule has 1 unspecified atom stereocenters. The summed E-state index contributed by atoms with van der Waals surface area (Å²) < 4.78 is 23.6. The Morgan fingerprint density at radius 3 is 2.45 bits per heavy atom. The van der Waals surface area contributed by atoms with Crippen molar-refractivity contribution in [1.82, 2.24) is 4.90 Å². The molecule has 0 bridgehead atoms. The van der Waals surface area contributed by atoms with E-state index in [1.54, 1.807) is 19.1 Å². The number of hydrogen-bond donors (Lipinski definition) is 1. The predicted molar refractivity (Wildman–Crippen MR) is 81.9 cm³/mol. The van der Waals surface area contributed by atoms with Crippen molar-refractivity contribution < 1.29 is 8.42 Å². The molecule has 1 aromatic carbocycles. The Morgan fingerprint density at radius 2 is 1.90 bits per heavy atom. The molecule has 112 valence electrons. The Kier molecular flexibility index (Phi) is 4.67. The minimum atomic E-state index is -3.12. The van der Waals surface area contributed by atoms with Gasteiger partial charge in [0.15, 0.2) is 9.84 Å². The zero-order chi connectivity index (χ0) is 14.8. The molecule has 1 saturated heterocycles. The Labute approximate surface area is 121 Å². The van der Waals surface area contributed by atoms with Crippen molar-refractivity contribution in [2.75, 3.05) is 43.9 Å². The minimum Gasteiger partial charge on any atom is -0.365 e. The number of likely N-dealkylation sites (N-methyl/N-ethyl adjacent to an activating group) is 1. The first-order valence-corrected chi connectivity index (χ1v) is 8.61. The molecular formula is C14H23N3O2S. The summed E-state index contributed by atoms with van der Waals surface area (Å²) in [6, 6.07) is 7.44. The Hall–Kier alpha value is -1.11. The lowest BCUT2D eigenvalue weighted by atomic mass is 10.1. The van der Waals surface area contributed by atoms with E-state index in [9.17, 15) is 8.42 Å². The second kappa shape index (κ2) is 6.11. The van der Waals surface area contributed by atoms with Gasteiger partial charge in [0.1, 0.15) is 0 Å². The van der Waals surface area contributed by atoms with Gasteiger partial charge in [-0.05, 0) is 31.3 Å². The summed E-state index contributed by atoms with van der Waals surface area (Å²) in [6.45, 7) is 5.10. The maximum Gasteiger partial charge on any atom is 0.178 e. The molecule has 0 spiro atoms. The second-order valence-corrected chi connectivity index (χ2v) is 7.52. The number of nitrogens with two attached hydrogens (primary N) is 1. The maximum absolute atomic E-state index is 11.8. The number of hydrogen-bond acceptors (Lipinski definition) is 5. The van der Waals surface area contributed by atoms with Gasteiger partial charge in [0, 0.05) is 31.9 Å². The first kappa shape index (κ1) is 15.3. The van der Waals surface area contributed by atoms with Gasteiger partial charge >= 0.3 is 0 Å². The van der Waals surface area contributed by atoms with Gasteiger partial charge in [0.2, 0.25) is 0 Å². The Balaban J connectivity index is 2.21. The SMILES string of the molecule is CCS(=O)(=O)c1ccc(N2CCN(C)CC2CN)cc1. The van der Waals surface area contributed by atoms with Gasteiger partial charge in [0.05, 0.1) is 16.7 Å². The number of nitrogens with zero attached hydrogens (tertiary/aromatic N) is 2. The van der Waals surface area contributed by atoms with Gasteiger partial charge in [-0.3, -0.25) is 0 Å². The van der Waals surface area contributed by atoms with E-state index in [2.05, 4.69) is 16.8 Å². The van der Waals surface area contributed by atoms with Crippen molar-refractivity contribution in [3.05, 3.63) is 24.3 Å². The van der Waals surface area contributed by atoms with Gasteiger partial charge in [-0.25, -0.2) is 8.42 Å². The van der Waals surface area contributed by atoms with E-state index in [-0.39, 0.29) is 11.8 Å². The lowest BCUT2D eigenvalue weighted by molar-refractivity contribution is 0.270. The summed E-state index contributed by atoms with van der Waals surface area (Å²) in [6.07, 6.45) is 0. The molecule has 0 radical (unpaired) electrons. The molecule has 2 N–H and O–H groups in total. The molecule has 1 fully saturated rings. The third-order valence-corrected chi connectivity index (χ3v) is 5.62. The molecule has 20 heavy (non-hydrogen) atoms. The van der Waals surface area contributed by atoms with Crippen LogP contribution in [0.3, 0.4) is 0 Å². The highest BCUT2D eigenvalue weighted by Gasteiger charge is 2.24. The van der Waals surface area contributed by atoms with Gasteiger partial charge in [-0.2, -0.15) is 0 Å². The van der Waals surface area contributed by atoms with Gasteiger partial charge in [-0.1, -0.05) is 6.92 Å². The summed E-state index contributed by atoms with van der Waals surface area (Å²) in [5.74, 6) is 0.131. The summed E-state index contributed by atoms with van der Waals surface area (Å²) in [7, 11) is -1.03. The third kappa shape index (κ3) is 3.13. The van der Waals surface area contributed by atoms with E-state index in [0.29, 0.717) is 11.4 Å². The van der Waals surface area contributed by atoms with Gasteiger partial charge < -0.3 is 15.5 Å². The standard InChI is InChI=1S/C14H23N3O2S/c1-3-20(18,19)14-6-4-12(5-7-14)17-9-8-16(2)11-13(17)10-15/h4-7,13H,3,8-11,15H2,1-2H3. The largest absolute Gasteiger partial charge is 0.365 e. The molecule has 1 aromatic rings. The molecule has 0 saturated carbocycles. The Bertz CT molecular complexity index is 542. The Morgan fingerprint density at radius 1 is 1.25 bits per heavy atom. The molecule has 0 aromatic heterocycles. The van der Waals surface area contributed by atoms with Crippen LogP contribution in [0.4, 0.5) is 5.69 Å². The highest BCUT2D eigenvalue weighted by molar-refractivity contribution is 7.91. The van der Waals surface area contributed by atoms with Crippen molar-refractivity contribution in [3.8, 4) is 0 Å². The number of sulfone groups is 1. The lowest BCUT2D eigenvalue weighted by Crippen LogP contribution is -2.55. The van der Waals surface area contributed by atoms with Crippen LogP contribution in [0.25, 0.3) is 0 Å². The van der Waals surface area contributed by atoms with Gasteiger partial charge in [0.25, 0.3) is 0 Å². The van der Waals surface area contributed by atoms with Crippen LogP contribution in [0.2, 0.25) is 0 Å². The zero-order valence-electron chi connectivity index (χ0n) is 12.1. The zero-order valence-corrected chi connectivity index (χ0v) is 12.9. The first-order chi connectivity index (χ1) is 9.47. The average molecular weight is 297 g/mol. The van der Waals surface area contributed by atoms with E-state index in [0.717, 1.165) is 25.3 Å². The summed E-state index contributed by atoms with van der Waals surface area (Å²) in [5, 5.41) is 0. The lowest BCUT2D eigenvalue weighted by Gasteiger charge is -2.41. The van der Waals surface area contributed by atoms with Crippen LogP contribution in [0.15, 0.2) is 29.2 Å². The molecule has 6 heteroatoms. The maximum atomic E-state index is 11.8. The number of rotatable bonds is 4. The topological polar surface area (TPSA) is 66.6 Å². The fourth-order valence-electron chi connectivity index (χ4n) is 2.56. The van der Waals surface area contributed by atoms with Gasteiger partial charge in [-0.15, -0.1) is 0 Å². The number of piperazine rings is 1. The highest BCUT2D eigenvalue weighted by Crippen LogP contribution is 2.22. The first-order valence-electron chi connectivity index (χ1n) is 6.96. The third-order valence-electron chi connectivity index (χ3n) is 3.87. The predicted octanol–water partition coefficient (Wildman–Crippen LogP) is 0.559. The number of anilines is 1. The minimum absolute atomic E-state index is 0.131. The van der Waals surface area contributed by atoms with Crippen LogP contribution >= 0.6 is 0 Å². The van der Waals surface area contributed by atoms with Crippen LogP contribution in [-0.2, 0) is 9.84 Å². The molecule has 1 aliphatic rings. The fraction of sp³-hybridized carbons (Fsp3) is 0.571. The second-order valence-electron chi connectivity index (χ2n) is 5.24. The van der Waals surface area contributed by atoms with Crippen molar-refractivity contribution in [2.45, 2.75) is 17.9 Å². The van der Waals surface area contributed by atoms with E-state index in [4.69, 9.17) is 5.73 Å². The summed E-state index contributed by atoms with van der Waals surface area (Å²) >= 11 is 0. The summed E-state index contributed by atoms with van der Waals surface area (Å²) in [5.41, 5.74) is 6.89.